The summed E-state index contributed by atoms with van der Waals surface area (Å²) in [6.45, 7) is 3.52. The minimum absolute atomic E-state index is 0.142. The zero-order valence-electron chi connectivity index (χ0n) is 11.4. The first kappa shape index (κ1) is 14.5. The van der Waals surface area contributed by atoms with E-state index in [4.69, 9.17) is 15.2 Å². The lowest BCUT2D eigenvalue weighted by Gasteiger charge is -2.17. The van der Waals surface area contributed by atoms with Gasteiger partial charge in [0.2, 0.25) is 0 Å². The average molecular weight is 251 g/mol. The smallest absolute Gasteiger partial charge is 0.129 e. The summed E-state index contributed by atoms with van der Waals surface area (Å²) in [5, 5.41) is 0. The van der Waals surface area contributed by atoms with Gasteiger partial charge in [-0.25, -0.2) is 0 Å². The Morgan fingerprint density at radius 2 is 1.89 bits per heavy atom. The molecule has 0 spiro atoms. The molecule has 1 aromatic rings. The lowest BCUT2D eigenvalue weighted by Crippen LogP contribution is -2.13. The molecule has 2 N–H and O–H groups in total. The van der Waals surface area contributed by atoms with Gasteiger partial charge >= 0.3 is 0 Å². The molecule has 0 heterocycles. The van der Waals surface area contributed by atoms with Crippen molar-refractivity contribution in [2.45, 2.75) is 32.7 Å². The van der Waals surface area contributed by atoms with E-state index in [1.54, 1.807) is 21.1 Å². The van der Waals surface area contributed by atoms with Crippen molar-refractivity contribution in [2.75, 3.05) is 14.2 Å². The third-order valence-corrected chi connectivity index (χ3v) is 2.95. The number of aryl methyl sites for hydroxylation is 1. The van der Waals surface area contributed by atoms with Crippen molar-refractivity contribution in [3.63, 3.8) is 0 Å². The van der Waals surface area contributed by atoms with Gasteiger partial charge in [-0.2, -0.15) is 0 Å². The van der Waals surface area contributed by atoms with Crippen LogP contribution in [0.15, 0.2) is 12.1 Å². The molecule has 1 atom stereocenters. The third-order valence-electron chi connectivity index (χ3n) is 2.95. The molecule has 1 aromatic carbocycles. The van der Waals surface area contributed by atoms with Crippen LogP contribution >= 0.6 is 0 Å². The molecule has 0 fully saturated rings. The van der Waals surface area contributed by atoms with E-state index in [1.165, 1.54) is 0 Å². The predicted molar refractivity (Wildman–Crippen MR) is 71.1 cm³/mol. The molecule has 4 nitrogen and oxygen atoms in total. The minimum atomic E-state index is -0.224. The molecule has 4 heteroatoms. The predicted octanol–water partition coefficient (Wildman–Crippen LogP) is 2.38. The van der Waals surface area contributed by atoms with Gasteiger partial charge in [0.15, 0.2) is 0 Å². The Bertz CT molecular complexity index is 429. The summed E-state index contributed by atoms with van der Waals surface area (Å²) in [6, 6.07) is 3.57. The maximum absolute atomic E-state index is 11.0. The van der Waals surface area contributed by atoms with Gasteiger partial charge in [-0.05, 0) is 38.0 Å². The second-order valence-electron chi connectivity index (χ2n) is 4.41. The topological polar surface area (TPSA) is 61.5 Å². The van der Waals surface area contributed by atoms with Crippen LogP contribution in [-0.2, 0) is 4.79 Å². The van der Waals surface area contributed by atoms with E-state index in [-0.39, 0.29) is 11.8 Å². The molecule has 18 heavy (non-hydrogen) atoms. The lowest BCUT2D eigenvalue weighted by atomic mass is 9.99. The molecule has 100 valence electrons. The van der Waals surface area contributed by atoms with E-state index in [0.29, 0.717) is 12.8 Å². The average Bonchev–Trinajstić information content (AvgIpc) is 2.35. The van der Waals surface area contributed by atoms with E-state index in [1.807, 2.05) is 19.1 Å². The number of hydrogen-bond acceptors (Lipinski definition) is 4. The van der Waals surface area contributed by atoms with E-state index in [9.17, 15) is 4.79 Å². The van der Waals surface area contributed by atoms with Crippen LogP contribution in [0.2, 0.25) is 0 Å². The summed E-state index contributed by atoms with van der Waals surface area (Å²) >= 11 is 0. The molecule has 0 saturated carbocycles. The van der Waals surface area contributed by atoms with Crippen LogP contribution in [0.25, 0.3) is 0 Å². The van der Waals surface area contributed by atoms with Crippen LogP contribution in [-0.4, -0.2) is 20.0 Å². The summed E-state index contributed by atoms with van der Waals surface area (Å²) in [5.41, 5.74) is 7.98. The lowest BCUT2D eigenvalue weighted by molar-refractivity contribution is -0.117. The fraction of sp³-hybridized carbons (Fsp3) is 0.500. The van der Waals surface area contributed by atoms with Crippen molar-refractivity contribution in [3.8, 4) is 11.5 Å². The number of ether oxygens (including phenoxy) is 2. The molecule has 0 aliphatic rings. The number of Topliss-reactive ketones (excluding diaryl/α,β-unsaturated/α-hetero) is 1. The monoisotopic (exact) mass is 251 g/mol. The van der Waals surface area contributed by atoms with Crippen LogP contribution in [0.3, 0.4) is 0 Å². The highest BCUT2D eigenvalue weighted by molar-refractivity contribution is 5.75. The molecule has 1 rings (SSSR count). The van der Waals surface area contributed by atoms with Gasteiger partial charge in [-0.3, -0.25) is 0 Å². The Balaban J connectivity index is 3.01. The summed E-state index contributed by atoms with van der Waals surface area (Å²) in [5.74, 6) is 1.66. The molecule has 0 aliphatic heterocycles. The highest BCUT2D eigenvalue weighted by atomic mass is 16.5. The zero-order valence-corrected chi connectivity index (χ0v) is 11.4. The molecular formula is C14H21NO3. The van der Waals surface area contributed by atoms with Crippen molar-refractivity contribution < 1.29 is 14.3 Å². The Morgan fingerprint density at radius 1 is 1.28 bits per heavy atom. The number of ketones is 1. The molecule has 0 aromatic heterocycles. The van der Waals surface area contributed by atoms with Crippen LogP contribution in [0.5, 0.6) is 11.5 Å². The maximum Gasteiger partial charge on any atom is 0.129 e. The number of nitrogens with two attached hydrogens (primary N) is 1. The van der Waals surface area contributed by atoms with Crippen molar-refractivity contribution >= 4 is 5.78 Å². The van der Waals surface area contributed by atoms with Crippen molar-refractivity contribution in [1.82, 2.24) is 0 Å². The first-order chi connectivity index (χ1) is 8.49. The van der Waals surface area contributed by atoms with Gasteiger partial charge in [0.05, 0.1) is 14.2 Å². The van der Waals surface area contributed by atoms with E-state index in [0.717, 1.165) is 22.6 Å². The fourth-order valence-electron chi connectivity index (χ4n) is 1.88. The van der Waals surface area contributed by atoms with Gasteiger partial charge in [0, 0.05) is 18.0 Å². The second-order valence-corrected chi connectivity index (χ2v) is 4.41. The standard InChI is InChI=1S/C14H21NO3/c1-9-7-14(18-4)11(8-13(9)17-3)12(15)6-5-10(2)16/h7-8,12H,5-6,15H2,1-4H3. The summed E-state index contributed by atoms with van der Waals surface area (Å²) in [6.07, 6.45) is 1.08. The van der Waals surface area contributed by atoms with E-state index >= 15 is 0 Å². The Morgan fingerprint density at radius 3 is 2.39 bits per heavy atom. The molecule has 0 saturated heterocycles. The molecule has 0 aliphatic carbocycles. The highest BCUT2D eigenvalue weighted by Gasteiger charge is 2.15. The maximum atomic E-state index is 11.0. The Hall–Kier alpha value is -1.55. The quantitative estimate of drug-likeness (QED) is 0.843. The number of methoxy groups -OCH3 is 2. The van der Waals surface area contributed by atoms with Crippen LogP contribution in [0.4, 0.5) is 0 Å². The van der Waals surface area contributed by atoms with Gasteiger partial charge in [-0.1, -0.05) is 0 Å². The van der Waals surface area contributed by atoms with Crippen molar-refractivity contribution in [2.24, 2.45) is 5.73 Å². The molecule has 0 radical (unpaired) electrons. The highest BCUT2D eigenvalue weighted by Crippen LogP contribution is 2.33. The van der Waals surface area contributed by atoms with Crippen LogP contribution < -0.4 is 15.2 Å². The largest absolute Gasteiger partial charge is 0.496 e. The zero-order chi connectivity index (χ0) is 13.7. The summed E-state index contributed by atoms with van der Waals surface area (Å²) < 4.78 is 10.6. The van der Waals surface area contributed by atoms with Crippen molar-refractivity contribution in [3.05, 3.63) is 23.3 Å². The van der Waals surface area contributed by atoms with E-state index in [2.05, 4.69) is 0 Å². The van der Waals surface area contributed by atoms with Crippen LogP contribution in [0.1, 0.15) is 36.9 Å². The number of hydrogen-bond donors (Lipinski definition) is 1. The SMILES string of the molecule is COc1cc(C(N)CCC(C)=O)c(OC)cc1C. The van der Waals surface area contributed by atoms with Crippen LogP contribution in [0, 0.1) is 6.92 Å². The third kappa shape index (κ3) is 3.47. The number of benzene rings is 1. The fourth-order valence-corrected chi connectivity index (χ4v) is 1.88. The first-order valence-corrected chi connectivity index (χ1v) is 5.97. The first-order valence-electron chi connectivity index (χ1n) is 5.97. The number of rotatable bonds is 6. The van der Waals surface area contributed by atoms with Gasteiger partial charge in [0.1, 0.15) is 17.3 Å². The van der Waals surface area contributed by atoms with Gasteiger partial charge in [0.25, 0.3) is 0 Å². The van der Waals surface area contributed by atoms with Gasteiger partial charge in [-0.15, -0.1) is 0 Å². The Kier molecular flexibility index (Phi) is 5.16. The number of carbonyl (C=O) groups excluding carboxylic acids is 1. The molecule has 1 unspecified atom stereocenters. The molecular weight excluding hydrogens is 230 g/mol. The second kappa shape index (κ2) is 6.40. The van der Waals surface area contributed by atoms with Gasteiger partial charge < -0.3 is 20.0 Å². The van der Waals surface area contributed by atoms with Crippen molar-refractivity contribution in [1.29, 1.82) is 0 Å². The minimum Gasteiger partial charge on any atom is -0.496 e. The summed E-state index contributed by atoms with van der Waals surface area (Å²) in [4.78, 5) is 11.0. The summed E-state index contributed by atoms with van der Waals surface area (Å²) in [7, 11) is 3.24. The number of carbonyl (C=O) groups is 1. The normalized spacial score (nSPS) is 12.1. The Labute approximate surface area is 108 Å². The molecule has 0 bridgehead atoms. The van der Waals surface area contributed by atoms with E-state index < -0.39 is 0 Å². The molecule has 0 amide bonds.